The summed E-state index contributed by atoms with van der Waals surface area (Å²) in [6, 6.07) is 15.6. The lowest BCUT2D eigenvalue weighted by molar-refractivity contribution is 0.390. The average Bonchev–Trinajstić information content (AvgIpc) is 3.29. The summed E-state index contributed by atoms with van der Waals surface area (Å²) in [6.07, 6.45) is 0. The summed E-state index contributed by atoms with van der Waals surface area (Å²) < 4.78 is 65.4. The Bertz CT molecular complexity index is 1410. The molecule has 2 aromatic carbocycles. The Kier molecular flexibility index (Phi) is 5.62. The van der Waals surface area contributed by atoms with Crippen LogP contribution >= 0.6 is 0 Å². The van der Waals surface area contributed by atoms with E-state index in [9.17, 15) is 16.8 Å². The van der Waals surface area contributed by atoms with E-state index in [1.54, 1.807) is 12.1 Å². The molecule has 0 saturated carbocycles. The minimum absolute atomic E-state index is 0.0210. The smallest absolute Gasteiger partial charge is 0.283 e. The quantitative estimate of drug-likeness (QED) is 0.397. The summed E-state index contributed by atoms with van der Waals surface area (Å²) in [4.78, 5) is -0.630. The van der Waals surface area contributed by atoms with Crippen molar-refractivity contribution < 1.29 is 25.9 Å². The van der Waals surface area contributed by atoms with Crippen LogP contribution in [0.15, 0.2) is 73.4 Å². The monoisotopic (exact) mass is 487 g/mol. The molecule has 0 aliphatic rings. The van der Waals surface area contributed by atoms with E-state index in [1.807, 2.05) is 30.3 Å². The molecule has 0 aliphatic carbocycles. The van der Waals surface area contributed by atoms with Crippen LogP contribution in [-0.4, -0.2) is 27.1 Å². The molecule has 0 N–H and O–H groups in total. The summed E-state index contributed by atoms with van der Waals surface area (Å²) in [6.45, 7) is 5.68. The Labute approximate surface area is 191 Å². The van der Waals surface area contributed by atoms with Gasteiger partial charge < -0.3 is 9.05 Å². The van der Waals surface area contributed by atoms with Crippen LogP contribution < -0.4 is 3.71 Å². The molecule has 0 radical (unpaired) electrons. The van der Waals surface area contributed by atoms with Crippen LogP contribution in [0.4, 0.5) is 5.69 Å². The third-order valence-electron chi connectivity index (χ3n) is 5.07. The number of benzene rings is 2. The van der Waals surface area contributed by atoms with Crippen molar-refractivity contribution in [1.29, 1.82) is 0 Å². The van der Waals surface area contributed by atoms with Crippen LogP contribution in [0, 0.1) is 27.7 Å². The number of aromatic nitrogens is 2. The first-order valence-electron chi connectivity index (χ1n) is 9.87. The van der Waals surface area contributed by atoms with E-state index >= 15 is 0 Å². The van der Waals surface area contributed by atoms with Gasteiger partial charge in [0.15, 0.2) is 21.3 Å². The fourth-order valence-corrected chi connectivity index (χ4v) is 7.90. The summed E-state index contributed by atoms with van der Waals surface area (Å²) in [7, 11) is -9.29. The molecule has 0 fully saturated rings. The van der Waals surface area contributed by atoms with Gasteiger partial charge in [-0.15, -0.1) is 0 Å². The molecule has 0 saturated heterocycles. The summed E-state index contributed by atoms with van der Waals surface area (Å²) in [5.74, 6) is -0.0419. The minimum atomic E-state index is -4.65. The van der Waals surface area contributed by atoms with E-state index in [4.69, 9.17) is 9.05 Å². The van der Waals surface area contributed by atoms with E-state index in [1.165, 1.54) is 39.8 Å². The van der Waals surface area contributed by atoms with Gasteiger partial charge in [-0.2, -0.15) is 20.5 Å². The lowest BCUT2D eigenvalue weighted by Gasteiger charge is -2.24. The second kappa shape index (κ2) is 8.16. The molecular weight excluding hydrogens is 466 g/mol. The zero-order valence-corrected chi connectivity index (χ0v) is 19.9. The predicted molar refractivity (Wildman–Crippen MR) is 121 cm³/mol. The molecule has 2 aromatic heterocycles. The Morgan fingerprint density at radius 1 is 0.636 bits per heavy atom. The SMILES string of the molecule is Cc1noc(C)c1S(=O)(=O)N(c1ccc(-c2ccccc2)cc1)S(=O)(=O)c1c(C)noc1C. The molecule has 11 heteroatoms. The maximum absolute atomic E-state index is 13.8. The largest absolute Gasteiger partial charge is 0.360 e. The summed E-state index contributed by atoms with van der Waals surface area (Å²) in [5, 5.41) is 7.37. The molecule has 0 spiro atoms. The van der Waals surface area contributed by atoms with Crippen molar-refractivity contribution in [2.24, 2.45) is 0 Å². The van der Waals surface area contributed by atoms with Gasteiger partial charge in [0.05, 0.1) is 5.69 Å². The van der Waals surface area contributed by atoms with Crippen molar-refractivity contribution in [3.63, 3.8) is 0 Å². The number of anilines is 1. The molecule has 0 unspecified atom stereocenters. The van der Waals surface area contributed by atoms with E-state index in [0.29, 0.717) is 3.71 Å². The number of rotatable bonds is 6. The normalized spacial score (nSPS) is 12.1. The minimum Gasteiger partial charge on any atom is -0.360 e. The van der Waals surface area contributed by atoms with Crippen molar-refractivity contribution in [3.05, 3.63) is 77.5 Å². The Morgan fingerprint density at radius 2 is 1.06 bits per heavy atom. The third kappa shape index (κ3) is 3.83. The first-order valence-corrected chi connectivity index (χ1v) is 12.7. The Morgan fingerprint density at radius 3 is 1.45 bits per heavy atom. The van der Waals surface area contributed by atoms with Gasteiger partial charge >= 0.3 is 0 Å². The molecule has 0 bridgehead atoms. The van der Waals surface area contributed by atoms with Gasteiger partial charge in [-0.25, -0.2) is 0 Å². The highest BCUT2D eigenvalue weighted by Crippen LogP contribution is 2.36. The van der Waals surface area contributed by atoms with Gasteiger partial charge in [0.1, 0.15) is 11.4 Å². The van der Waals surface area contributed by atoms with Crippen molar-refractivity contribution in [1.82, 2.24) is 10.3 Å². The first-order chi connectivity index (χ1) is 15.5. The third-order valence-corrected chi connectivity index (χ3v) is 9.74. The number of sulfonamides is 2. The van der Waals surface area contributed by atoms with Gasteiger partial charge in [-0.3, -0.25) is 0 Å². The van der Waals surface area contributed by atoms with Gasteiger partial charge in [0.25, 0.3) is 20.0 Å². The topological polar surface area (TPSA) is 124 Å². The standard InChI is InChI=1S/C22H21N3O6S2/c1-14-21(16(3)30-23-14)32(26,27)25(33(28,29)22-15(2)24-31-17(22)4)20-12-10-19(11-13-20)18-8-6-5-7-9-18/h5-13H,1-4H3. The Balaban J connectivity index is 1.95. The maximum atomic E-state index is 13.8. The van der Waals surface area contributed by atoms with Crippen molar-refractivity contribution in [3.8, 4) is 11.1 Å². The highest BCUT2D eigenvalue weighted by atomic mass is 32.3. The molecule has 172 valence electrons. The zero-order chi connectivity index (χ0) is 24.0. The summed E-state index contributed by atoms with van der Waals surface area (Å²) in [5.41, 5.74) is 1.72. The highest BCUT2D eigenvalue weighted by molar-refractivity contribution is 8.10. The molecular formula is C22H21N3O6S2. The van der Waals surface area contributed by atoms with Gasteiger partial charge in [0.2, 0.25) is 0 Å². The maximum Gasteiger partial charge on any atom is 0.283 e. The second-order valence-corrected chi connectivity index (χ2v) is 11.1. The molecule has 33 heavy (non-hydrogen) atoms. The lowest BCUT2D eigenvalue weighted by Crippen LogP contribution is -2.38. The van der Waals surface area contributed by atoms with E-state index in [0.717, 1.165) is 11.1 Å². The molecule has 9 nitrogen and oxygen atoms in total. The predicted octanol–water partition coefficient (Wildman–Crippen LogP) is 4.15. The highest BCUT2D eigenvalue weighted by Gasteiger charge is 2.42. The van der Waals surface area contributed by atoms with Crippen LogP contribution in [0.5, 0.6) is 0 Å². The molecule has 0 aliphatic heterocycles. The fraction of sp³-hybridized carbons (Fsp3) is 0.182. The van der Waals surface area contributed by atoms with Gasteiger partial charge in [-0.05, 0) is 51.0 Å². The van der Waals surface area contributed by atoms with Crippen LogP contribution in [-0.2, 0) is 20.0 Å². The van der Waals surface area contributed by atoms with E-state index in [2.05, 4.69) is 10.3 Å². The van der Waals surface area contributed by atoms with Crippen LogP contribution in [0.25, 0.3) is 11.1 Å². The van der Waals surface area contributed by atoms with Gasteiger partial charge in [-0.1, -0.05) is 52.8 Å². The molecule has 4 rings (SSSR count). The average molecular weight is 488 g/mol. The number of hydrogen-bond acceptors (Lipinski definition) is 8. The van der Waals surface area contributed by atoms with E-state index in [-0.39, 0.29) is 38.4 Å². The van der Waals surface area contributed by atoms with Crippen LogP contribution in [0.1, 0.15) is 22.9 Å². The first kappa shape index (κ1) is 22.7. The second-order valence-electron chi connectivity index (χ2n) is 7.43. The van der Waals surface area contributed by atoms with Crippen molar-refractivity contribution in [2.75, 3.05) is 3.71 Å². The zero-order valence-electron chi connectivity index (χ0n) is 18.3. The molecule has 2 heterocycles. The van der Waals surface area contributed by atoms with Crippen molar-refractivity contribution in [2.45, 2.75) is 37.5 Å². The number of aryl methyl sites for hydroxylation is 4. The molecule has 0 amide bonds. The van der Waals surface area contributed by atoms with E-state index < -0.39 is 20.0 Å². The lowest BCUT2D eigenvalue weighted by atomic mass is 10.1. The van der Waals surface area contributed by atoms with Crippen LogP contribution in [0.3, 0.4) is 0 Å². The van der Waals surface area contributed by atoms with Gasteiger partial charge in [0, 0.05) is 0 Å². The molecule has 0 atom stereocenters. The molecule has 4 aromatic rings. The fourth-order valence-electron chi connectivity index (χ4n) is 3.66. The Hall–Kier alpha value is -3.44. The number of hydrogen-bond donors (Lipinski definition) is 0. The summed E-state index contributed by atoms with van der Waals surface area (Å²) >= 11 is 0. The van der Waals surface area contributed by atoms with Crippen molar-refractivity contribution >= 4 is 25.7 Å². The number of nitrogens with zero attached hydrogens (tertiary/aromatic N) is 3. The van der Waals surface area contributed by atoms with Crippen LogP contribution in [0.2, 0.25) is 0 Å².